The van der Waals surface area contributed by atoms with E-state index in [0.717, 1.165) is 32.5 Å². The minimum Gasteiger partial charge on any atom is -0.497 e. The Balaban J connectivity index is 1.84. The van der Waals surface area contributed by atoms with E-state index >= 15 is 0 Å². The first-order chi connectivity index (χ1) is 18.1. The molecule has 0 fully saturated rings. The molecule has 7 heteroatoms. The van der Waals surface area contributed by atoms with Crippen LogP contribution in [0.15, 0.2) is 45.6 Å². The molecular weight excluding hydrogens is 470 g/mol. The zero-order chi connectivity index (χ0) is 26.6. The van der Waals surface area contributed by atoms with Crippen LogP contribution in [-0.4, -0.2) is 52.5 Å². The molecule has 202 valence electrons. The number of rotatable bonds is 16. The first-order valence-electron chi connectivity index (χ1n) is 13.3. The van der Waals surface area contributed by atoms with Crippen molar-refractivity contribution in [2.45, 2.75) is 52.4 Å². The van der Waals surface area contributed by atoms with Crippen molar-refractivity contribution in [1.82, 2.24) is 4.90 Å². The van der Waals surface area contributed by atoms with Gasteiger partial charge in [-0.25, -0.2) is 0 Å². The molecule has 1 aromatic heterocycles. The van der Waals surface area contributed by atoms with Crippen LogP contribution in [0.25, 0.3) is 22.3 Å². The van der Waals surface area contributed by atoms with Crippen LogP contribution in [0.5, 0.6) is 23.0 Å². The average molecular weight is 512 g/mol. The van der Waals surface area contributed by atoms with Gasteiger partial charge in [0.1, 0.15) is 11.3 Å². The van der Waals surface area contributed by atoms with Gasteiger partial charge in [-0.1, -0.05) is 26.7 Å². The van der Waals surface area contributed by atoms with Crippen molar-refractivity contribution in [3.63, 3.8) is 0 Å². The summed E-state index contributed by atoms with van der Waals surface area (Å²) in [5.74, 6) is 2.31. The summed E-state index contributed by atoms with van der Waals surface area (Å²) in [5, 5.41) is 0.449. The van der Waals surface area contributed by atoms with Crippen LogP contribution in [0.3, 0.4) is 0 Å². The van der Waals surface area contributed by atoms with Crippen molar-refractivity contribution in [3.05, 3.63) is 46.6 Å². The topological polar surface area (TPSA) is 70.4 Å². The van der Waals surface area contributed by atoms with E-state index in [9.17, 15) is 4.79 Å². The van der Waals surface area contributed by atoms with E-state index in [0.29, 0.717) is 46.1 Å². The maximum Gasteiger partial charge on any atom is 0.235 e. The molecule has 3 aromatic rings. The summed E-state index contributed by atoms with van der Waals surface area (Å²) >= 11 is 0. The van der Waals surface area contributed by atoms with Crippen molar-refractivity contribution >= 4 is 11.0 Å². The summed E-state index contributed by atoms with van der Waals surface area (Å²) in [6.45, 7) is 8.21. The van der Waals surface area contributed by atoms with Crippen LogP contribution in [0.1, 0.15) is 52.4 Å². The zero-order valence-electron chi connectivity index (χ0n) is 22.9. The summed E-state index contributed by atoms with van der Waals surface area (Å²) in [4.78, 5) is 16.1. The third kappa shape index (κ3) is 7.41. The molecule has 0 saturated heterocycles. The highest BCUT2D eigenvalue weighted by Crippen LogP contribution is 2.37. The summed E-state index contributed by atoms with van der Waals surface area (Å²) in [6.07, 6.45) is 6.70. The number of nitrogens with zero attached hydrogens (tertiary/aromatic N) is 1. The molecule has 37 heavy (non-hydrogen) atoms. The Bertz CT molecular complexity index is 1180. The van der Waals surface area contributed by atoms with Crippen molar-refractivity contribution in [1.29, 1.82) is 0 Å². The molecule has 0 spiro atoms. The highest BCUT2D eigenvalue weighted by molar-refractivity contribution is 5.83. The Kier molecular flexibility index (Phi) is 11.1. The van der Waals surface area contributed by atoms with Gasteiger partial charge in [-0.2, -0.15) is 0 Å². The monoisotopic (exact) mass is 511 g/mol. The average Bonchev–Trinajstić information content (AvgIpc) is 2.93. The smallest absolute Gasteiger partial charge is 0.235 e. The number of fused-ring (bicyclic) bond motifs is 1. The van der Waals surface area contributed by atoms with Gasteiger partial charge in [-0.15, -0.1) is 0 Å². The first kappa shape index (κ1) is 28.4. The van der Waals surface area contributed by atoms with Crippen molar-refractivity contribution in [3.8, 4) is 34.3 Å². The third-order valence-corrected chi connectivity index (χ3v) is 6.47. The molecule has 0 N–H and O–H groups in total. The van der Waals surface area contributed by atoms with Gasteiger partial charge in [0.05, 0.1) is 33.3 Å². The Labute approximate surface area is 220 Å². The van der Waals surface area contributed by atoms with Gasteiger partial charge in [-0.3, -0.25) is 4.79 Å². The third-order valence-electron chi connectivity index (χ3n) is 6.47. The predicted octanol–water partition coefficient (Wildman–Crippen LogP) is 6.55. The van der Waals surface area contributed by atoms with Gasteiger partial charge < -0.3 is 28.3 Å². The van der Waals surface area contributed by atoms with Crippen molar-refractivity contribution in [2.24, 2.45) is 0 Å². The molecule has 2 aromatic carbocycles. The van der Waals surface area contributed by atoms with E-state index in [4.69, 9.17) is 23.4 Å². The highest BCUT2D eigenvalue weighted by atomic mass is 16.5. The second kappa shape index (κ2) is 14.5. The first-order valence-corrected chi connectivity index (χ1v) is 13.3. The fourth-order valence-electron chi connectivity index (χ4n) is 4.29. The molecule has 7 nitrogen and oxygen atoms in total. The maximum absolute atomic E-state index is 13.5. The number of hydrogen-bond donors (Lipinski definition) is 0. The van der Waals surface area contributed by atoms with Crippen LogP contribution in [0, 0.1) is 0 Å². The number of methoxy groups -OCH3 is 3. The predicted molar refractivity (Wildman–Crippen MR) is 149 cm³/mol. The quantitative estimate of drug-likeness (QED) is 0.202. The zero-order valence-corrected chi connectivity index (χ0v) is 22.9. The van der Waals surface area contributed by atoms with E-state index in [2.05, 4.69) is 18.7 Å². The van der Waals surface area contributed by atoms with E-state index in [1.54, 1.807) is 51.7 Å². The summed E-state index contributed by atoms with van der Waals surface area (Å²) in [7, 11) is 4.74. The minimum atomic E-state index is -0.207. The SMILES string of the molecule is CCCCN(CCCC)CCCCOc1c(-c2ccc(OC)c(OC)c2)oc2cc(OC)ccc2c1=O. The number of hydrogen-bond acceptors (Lipinski definition) is 7. The minimum absolute atomic E-state index is 0.207. The molecule has 0 amide bonds. The van der Waals surface area contributed by atoms with Gasteiger partial charge in [0.2, 0.25) is 11.2 Å². The highest BCUT2D eigenvalue weighted by Gasteiger charge is 2.20. The number of benzene rings is 2. The van der Waals surface area contributed by atoms with Crippen molar-refractivity contribution in [2.75, 3.05) is 47.6 Å². The Morgan fingerprint density at radius 1 is 0.784 bits per heavy atom. The van der Waals surface area contributed by atoms with Crippen LogP contribution in [-0.2, 0) is 0 Å². The fourth-order valence-corrected chi connectivity index (χ4v) is 4.29. The summed E-state index contributed by atoms with van der Waals surface area (Å²) in [5.41, 5.74) is 0.893. The van der Waals surface area contributed by atoms with E-state index in [1.807, 2.05) is 6.07 Å². The molecule has 0 atom stereocenters. The van der Waals surface area contributed by atoms with Crippen LogP contribution >= 0.6 is 0 Å². The van der Waals surface area contributed by atoms with Gasteiger partial charge in [0, 0.05) is 11.6 Å². The van der Waals surface area contributed by atoms with Crippen LogP contribution < -0.4 is 24.4 Å². The molecule has 1 heterocycles. The van der Waals surface area contributed by atoms with Crippen molar-refractivity contribution < 1.29 is 23.4 Å². The van der Waals surface area contributed by atoms with Gasteiger partial charge in [-0.05, 0) is 75.6 Å². The molecule has 0 aliphatic rings. The second-order valence-corrected chi connectivity index (χ2v) is 9.13. The Hall–Kier alpha value is -3.19. The standard InChI is InChI=1S/C30H41NO6/c1-6-8-16-31(17-9-7-2)18-10-11-19-36-30-28(32)24-14-13-23(33-3)21-26(24)37-29(30)22-12-15-25(34-4)27(20-22)35-5/h12-15,20-21H,6-11,16-19H2,1-5H3. The van der Waals surface area contributed by atoms with Gasteiger partial charge >= 0.3 is 0 Å². The molecule has 0 radical (unpaired) electrons. The maximum atomic E-state index is 13.5. The lowest BCUT2D eigenvalue weighted by Crippen LogP contribution is -2.27. The van der Waals surface area contributed by atoms with E-state index < -0.39 is 0 Å². The lowest BCUT2D eigenvalue weighted by molar-refractivity contribution is 0.242. The molecule has 0 saturated carbocycles. The molecular formula is C30H41NO6. The lowest BCUT2D eigenvalue weighted by atomic mass is 10.1. The summed E-state index contributed by atoms with van der Waals surface area (Å²) < 4.78 is 28.6. The van der Waals surface area contributed by atoms with Gasteiger partial charge in [0.25, 0.3) is 0 Å². The van der Waals surface area contributed by atoms with E-state index in [-0.39, 0.29) is 11.2 Å². The lowest BCUT2D eigenvalue weighted by Gasteiger charge is -2.21. The van der Waals surface area contributed by atoms with E-state index in [1.165, 1.54) is 25.7 Å². The fraction of sp³-hybridized carbons (Fsp3) is 0.500. The molecule has 3 rings (SSSR count). The Morgan fingerprint density at radius 3 is 2.14 bits per heavy atom. The van der Waals surface area contributed by atoms with Crippen LogP contribution in [0.4, 0.5) is 0 Å². The summed E-state index contributed by atoms with van der Waals surface area (Å²) in [6, 6.07) is 10.6. The number of unbranched alkanes of at least 4 members (excludes halogenated alkanes) is 3. The largest absolute Gasteiger partial charge is 0.497 e. The number of ether oxygens (including phenoxy) is 4. The second-order valence-electron chi connectivity index (χ2n) is 9.13. The van der Waals surface area contributed by atoms with Gasteiger partial charge in [0.15, 0.2) is 17.3 Å². The molecule has 0 bridgehead atoms. The normalized spacial score (nSPS) is 11.2. The molecule has 0 aliphatic carbocycles. The Morgan fingerprint density at radius 2 is 1.49 bits per heavy atom. The van der Waals surface area contributed by atoms with Crippen LogP contribution in [0.2, 0.25) is 0 Å². The molecule has 0 unspecified atom stereocenters. The molecule has 0 aliphatic heterocycles.